The first-order chi connectivity index (χ1) is 13.6. The third-order valence-electron chi connectivity index (χ3n) is 4.33. The number of aliphatic hydroxyl groups is 1. The van der Waals surface area contributed by atoms with Gasteiger partial charge in [-0.25, -0.2) is 22.7 Å². The van der Waals surface area contributed by atoms with Crippen LogP contribution in [0.4, 0.5) is 10.1 Å². The standard InChI is InChI=1S/C19H17FN2O6S/c1-2-28-19(25)15-16(11-3-5-12(20)6-4-11)22(18(24)17(15)23)13-7-9-14(10-8-13)29(21,26)27/h3-10,16,23H,2H2,1H3,(H2,21,26,27)/t16-/m0/s1. The van der Waals surface area contributed by atoms with Crippen molar-refractivity contribution >= 4 is 27.6 Å². The number of sulfonamides is 1. The maximum Gasteiger partial charge on any atom is 0.340 e. The molecule has 0 saturated heterocycles. The number of nitrogens with two attached hydrogens (primary N) is 1. The minimum Gasteiger partial charge on any atom is -0.503 e. The molecule has 1 aliphatic heterocycles. The molecule has 3 N–H and O–H groups in total. The third kappa shape index (κ3) is 3.84. The molecule has 8 nitrogen and oxygen atoms in total. The number of benzene rings is 2. The molecule has 152 valence electrons. The predicted molar refractivity (Wildman–Crippen MR) is 101 cm³/mol. The molecule has 2 aromatic rings. The van der Waals surface area contributed by atoms with Gasteiger partial charge in [-0.2, -0.15) is 0 Å². The molecule has 0 aromatic heterocycles. The Balaban J connectivity index is 2.13. The molecule has 1 aliphatic rings. The predicted octanol–water partition coefficient (Wildman–Crippen LogP) is 1.94. The molecule has 0 radical (unpaired) electrons. The van der Waals surface area contributed by atoms with Crippen LogP contribution in [-0.4, -0.2) is 32.0 Å². The summed E-state index contributed by atoms with van der Waals surface area (Å²) in [6.07, 6.45) is 0. The van der Waals surface area contributed by atoms with Crippen LogP contribution in [0, 0.1) is 5.82 Å². The number of anilines is 1. The number of carbonyl (C=O) groups is 2. The number of nitrogens with zero attached hydrogens (tertiary/aromatic N) is 1. The summed E-state index contributed by atoms with van der Waals surface area (Å²) in [5.74, 6) is -3.09. The number of amides is 1. The van der Waals surface area contributed by atoms with Gasteiger partial charge >= 0.3 is 5.97 Å². The SMILES string of the molecule is CCOC(=O)C1=C(O)C(=O)N(c2ccc(S(N)(=O)=O)cc2)[C@H]1c1ccc(F)cc1. The second kappa shape index (κ2) is 7.64. The molecule has 0 fully saturated rings. The summed E-state index contributed by atoms with van der Waals surface area (Å²) in [6, 6.07) is 8.97. The topological polar surface area (TPSA) is 127 Å². The number of halogens is 1. The van der Waals surface area contributed by atoms with Crippen LogP contribution in [0.5, 0.6) is 0 Å². The zero-order valence-electron chi connectivity index (χ0n) is 15.2. The van der Waals surface area contributed by atoms with E-state index >= 15 is 0 Å². The lowest BCUT2D eigenvalue weighted by Crippen LogP contribution is -2.31. The lowest BCUT2D eigenvalue weighted by Gasteiger charge is -2.26. The average Bonchev–Trinajstić information content (AvgIpc) is 2.93. The Morgan fingerprint density at radius 1 is 1.17 bits per heavy atom. The lowest BCUT2D eigenvalue weighted by atomic mass is 9.99. The molecule has 1 heterocycles. The maximum absolute atomic E-state index is 13.4. The van der Waals surface area contributed by atoms with Crippen molar-refractivity contribution in [3.05, 3.63) is 71.2 Å². The van der Waals surface area contributed by atoms with Gasteiger partial charge in [-0.3, -0.25) is 9.69 Å². The Kier molecular flexibility index (Phi) is 5.40. The van der Waals surface area contributed by atoms with E-state index in [0.717, 1.165) is 17.0 Å². The highest BCUT2D eigenvalue weighted by atomic mass is 32.2. The number of carbonyl (C=O) groups excluding carboxylic acids is 2. The zero-order chi connectivity index (χ0) is 21.3. The van der Waals surface area contributed by atoms with Crippen LogP contribution in [0.2, 0.25) is 0 Å². The van der Waals surface area contributed by atoms with Gasteiger partial charge in [0.05, 0.1) is 17.5 Å². The van der Waals surface area contributed by atoms with Crippen molar-refractivity contribution in [2.45, 2.75) is 17.9 Å². The monoisotopic (exact) mass is 420 g/mol. The second-order valence-electron chi connectivity index (χ2n) is 6.15. The van der Waals surface area contributed by atoms with E-state index in [1.165, 1.54) is 36.4 Å². The first-order valence-corrected chi connectivity index (χ1v) is 10.0. The molecule has 3 rings (SSSR count). The molecular formula is C19H17FN2O6S. The minimum absolute atomic E-state index is 0.0169. The van der Waals surface area contributed by atoms with Gasteiger partial charge in [0.15, 0.2) is 5.76 Å². The summed E-state index contributed by atoms with van der Waals surface area (Å²) in [5.41, 5.74) is 0.254. The number of esters is 1. The number of hydrogen-bond acceptors (Lipinski definition) is 6. The molecule has 0 aliphatic carbocycles. The Morgan fingerprint density at radius 3 is 2.28 bits per heavy atom. The fourth-order valence-electron chi connectivity index (χ4n) is 3.05. The molecular weight excluding hydrogens is 403 g/mol. The number of aliphatic hydroxyl groups excluding tert-OH is 1. The van der Waals surface area contributed by atoms with Crippen LogP contribution in [0.1, 0.15) is 18.5 Å². The number of rotatable bonds is 5. The highest BCUT2D eigenvalue weighted by Gasteiger charge is 2.45. The molecule has 1 amide bonds. The molecule has 29 heavy (non-hydrogen) atoms. The second-order valence-corrected chi connectivity index (χ2v) is 7.71. The van der Waals surface area contributed by atoms with Gasteiger partial charge in [0, 0.05) is 5.69 Å². The quantitative estimate of drug-likeness (QED) is 0.712. The Hall–Kier alpha value is -3.24. The first kappa shape index (κ1) is 20.5. The van der Waals surface area contributed by atoms with E-state index in [0.29, 0.717) is 5.56 Å². The largest absolute Gasteiger partial charge is 0.503 e. The van der Waals surface area contributed by atoms with Crippen molar-refractivity contribution in [1.82, 2.24) is 0 Å². The molecule has 0 spiro atoms. The van der Waals surface area contributed by atoms with Gasteiger partial charge in [0.1, 0.15) is 11.4 Å². The van der Waals surface area contributed by atoms with Gasteiger partial charge in [-0.1, -0.05) is 12.1 Å². The van der Waals surface area contributed by atoms with Gasteiger partial charge in [0.25, 0.3) is 5.91 Å². The fourth-order valence-corrected chi connectivity index (χ4v) is 3.56. The van der Waals surface area contributed by atoms with E-state index in [-0.39, 0.29) is 22.8 Å². The van der Waals surface area contributed by atoms with Gasteiger partial charge in [-0.05, 0) is 48.9 Å². The van der Waals surface area contributed by atoms with Crippen LogP contribution in [0.3, 0.4) is 0 Å². The number of ether oxygens (including phenoxy) is 1. The van der Waals surface area contributed by atoms with Crippen molar-refractivity contribution < 1.29 is 32.2 Å². The smallest absolute Gasteiger partial charge is 0.340 e. The Labute approximate surface area is 166 Å². The zero-order valence-corrected chi connectivity index (χ0v) is 16.0. The molecule has 0 saturated carbocycles. The first-order valence-electron chi connectivity index (χ1n) is 8.47. The normalized spacial score (nSPS) is 17.0. The van der Waals surface area contributed by atoms with Crippen LogP contribution < -0.4 is 10.0 Å². The van der Waals surface area contributed by atoms with Gasteiger partial charge in [-0.15, -0.1) is 0 Å². The Bertz CT molecular complexity index is 1090. The maximum atomic E-state index is 13.4. The fraction of sp³-hybridized carbons (Fsp3) is 0.158. The highest BCUT2D eigenvalue weighted by Crippen LogP contribution is 2.41. The van der Waals surface area contributed by atoms with Crippen molar-refractivity contribution in [2.75, 3.05) is 11.5 Å². The molecule has 0 bridgehead atoms. The third-order valence-corrected chi connectivity index (χ3v) is 5.26. The molecule has 1 atom stereocenters. The summed E-state index contributed by atoms with van der Waals surface area (Å²) < 4.78 is 41.3. The summed E-state index contributed by atoms with van der Waals surface area (Å²) in [4.78, 5) is 26.1. The lowest BCUT2D eigenvalue weighted by molar-refractivity contribution is -0.139. The van der Waals surface area contributed by atoms with E-state index in [1.807, 2.05) is 0 Å². The van der Waals surface area contributed by atoms with Crippen molar-refractivity contribution in [3.8, 4) is 0 Å². The average molecular weight is 420 g/mol. The number of hydrogen-bond donors (Lipinski definition) is 2. The van der Waals surface area contributed by atoms with Crippen LogP contribution in [0.25, 0.3) is 0 Å². The van der Waals surface area contributed by atoms with E-state index in [9.17, 15) is 27.5 Å². The van der Waals surface area contributed by atoms with Crippen LogP contribution >= 0.6 is 0 Å². The van der Waals surface area contributed by atoms with Crippen molar-refractivity contribution in [2.24, 2.45) is 5.14 Å². The van der Waals surface area contributed by atoms with Crippen LogP contribution in [-0.2, 0) is 24.3 Å². The molecule has 2 aromatic carbocycles. The van der Waals surface area contributed by atoms with Crippen LogP contribution in [0.15, 0.2) is 64.8 Å². The molecule has 10 heteroatoms. The van der Waals surface area contributed by atoms with E-state index in [1.54, 1.807) is 6.92 Å². The van der Waals surface area contributed by atoms with Gasteiger partial charge < -0.3 is 9.84 Å². The van der Waals surface area contributed by atoms with Crippen molar-refractivity contribution in [1.29, 1.82) is 0 Å². The summed E-state index contributed by atoms with van der Waals surface area (Å²) in [7, 11) is -3.95. The van der Waals surface area contributed by atoms with Gasteiger partial charge in [0.2, 0.25) is 10.0 Å². The molecule has 0 unspecified atom stereocenters. The highest BCUT2D eigenvalue weighted by molar-refractivity contribution is 7.89. The number of primary sulfonamides is 1. The Morgan fingerprint density at radius 2 is 1.76 bits per heavy atom. The minimum atomic E-state index is -3.95. The van der Waals surface area contributed by atoms with E-state index in [2.05, 4.69) is 0 Å². The van der Waals surface area contributed by atoms with E-state index in [4.69, 9.17) is 9.88 Å². The summed E-state index contributed by atoms with van der Waals surface area (Å²) >= 11 is 0. The summed E-state index contributed by atoms with van der Waals surface area (Å²) in [6.45, 7) is 1.59. The van der Waals surface area contributed by atoms with Crippen molar-refractivity contribution in [3.63, 3.8) is 0 Å². The summed E-state index contributed by atoms with van der Waals surface area (Å²) in [5, 5.41) is 15.4. The van der Waals surface area contributed by atoms with E-state index < -0.39 is 39.5 Å².